The first kappa shape index (κ1) is 21.6. The molecule has 0 N–H and O–H groups in total. The van der Waals surface area contributed by atoms with E-state index in [1.165, 1.54) is 0 Å². The van der Waals surface area contributed by atoms with Crippen molar-refractivity contribution in [2.45, 2.75) is 55.8 Å². The van der Waals surface area contributed by atoms with Crippen molar-refractivity contribution < 1.29 is 28.7 Å². The molecule has 2 aliphatic heterocycles. The van der Waals surface area contributed by atoms with Gasteiger partial charge < -0.3 is 9.47 Å². The molecule has 0 aromatic heterocycles. The number of carbonyl (C=O) groups is 4. The summed E-state index contributed by atoms with van der Waals surface area (Å²) in [4.78, 5) is 51.8. The highest BCUT2D eigenvalue weighted by molar-refractivity contribution is 6.22. The van der Waals surface area contributed by atoms with E-state index in [0.29, 0.717) is 22.9 Å². The summed E-state index contributed by atoms with van der Waals surface area (Å²) in [6, 6.07) is 15.9. The van der Waals surface area contributed by atoms with Crippen LogP contribution in [0.2, 0.25) is 0 Å². The number of hydrogen-bond acceptors (Lipinski definition) is 6. The Morgan fingerprint density at radius 3 is 1.64 bits per heavy atom. The summed E-state index contributed by atoms with van der Waals surface area (Å²) >= 11 is 0. The number of cyclic esters (lactones) is 4. The fraction of sp³-hybridized carbons (Fsp3) is 0.273. The van der Waals surface area contributed by atoms with Gasteiger partial charge >= 0.3 is 23.9 Å². The van der Waals surface area contributed by atoms with Gasteiger partial charge in [0.15, 0.2) is 0 Å². The first-order chi connectivity index (χ1) is 18.6. The van der Waals surface area contributed by atoms with E-state index in [-0.39, 0.29) is 5.92 Å². The van der Waals surface area contributed by atoms with Crippen molar-refractivity contribution >= 4 is 45.4 Å². The Kier molecular flexibility index (Phi) is 3.39. The predicted octanol–water partition coefficient (Wildman–Crippen LogP) is 5.46. The van der Waals surface area contributed by atoms with Crippen LogP contribution in [0.4, 0.5) is 0 Å². The Morgan fingerprint density at radius 2 is 1.03 bits per heavy atom. The molecule has 39 heavy (non-hydrogen) atoms. The second-order valence-electron chi connectivity index (χ2n) is 12.5. The lowest BCUT2D eigenvalue weighted by Crippen LogP contribution is -2.55. The second kappa shape index (κ2) is 6.12. The highest BCUT2D eigenvalue weighted by Crippen LogP contribution is 2.62. The van der Waals surface area contributed by atoms with Gasteiger partial charge in [-0.3, -0.25) is 9.59 Å². The van der Waals surface area contributed by atoms with Crippen LogP contribution in [0.1, 0.15) is 93.6 Å². The molecule has 0 amide bonds. The zero-order valence-corrected chi connectivity index (χ0v) is 21.6. The zero-order chi connectivity index (χ0) is 26.8. The van der Waals surface area contributed by atoms with Gasteiger partial charge in [0.2, 0.25) is 0 Å². The van der Waals surface area contributed by atoms with E-state index in [9.17, 15) is 19.2 Å². The number of hydrogen-bond donors (Lipinski definition) is 0. The minimum absolute atomic E-state index is 0.0154. The molecule has 3 aliphatic carbocycles. The molecule has 190 valence electrons. The third-order valence-electron chi connectivity index (χ3n) is 10.5. The van der Waals surface area contributed by atoms with Crippen LogP contribution in [0.5, 0.6) is 0 Å². The standard InChI is InChI=1S/C33H22O6/c1-31-12-18(14-4-5-16-23-17(28(35)38-27(16)34)7-9-19(31)24(14)23)15-6-8-21-26-22(11-10-20(31)25(15)26)33(3)13-32(21,2)29(36)39-30(33)37/h4-11,18H,12-13H2,1-3H3. The van der Waals surface area contributed by atoms with Crippen LogP contribution in [0, 0.1) is 0 Å². The molecule has 4 unspecified atom stereocenters. The molecule has 0 spiro atoms. The van der Waals surface area contributed by atoms with E-state index >= 15 is 0 Å². The second-order valence-corrected chi connectivity index (χ2v) is 12.5. The van der Waals surface area contributed by atoms with Gasteiger partial charge in [-0.15, -0.1) is 0 Å². The summed E-state index contributed by atoms with van der Waals surface area (Å²) in [5, 5.41) is 3.74. The fourth-order valence-corrected chi connectivity index (χ4v) is 8.73. The molecule has 9 rings (SSSR count). The molecule has 4 aromatic rings. The quantitative estimate of drug-likeness (QED) is 0.229. The largest absolute Gasteiger partial charge is 0.392 e. The van der Waals surface area contributed by atoms with Gasteiger partial charge in [-0.1, -0.05) is 43.3 Å². The van der Waals surface area contributed by atoms with Gasteiger partial charge in [0.1, 0.15) is 0 Å². The molecule has 5 aliphatic rings. The summed E-state index contributed by atoms with van der Waals surface area (Å²) in [6.07, 6.45) is 1.22. The topological polar surface area (TPSA) is 86.7 Å². The predicted molar refractivity (Wildman–Crippen MR) is 141 cm³/mol. The SMILES string of the molecule is CC12CC(C)(C(=O)OC1=O)c1ccc3c4c(ccc2c14)C1CC3(C)c2ccc3c4c(ccc1c24)C(=O)OC3=O. The van der Waals surface area contributed by atoms with E-state index in [4.69, 9.17) is 9.47 Å². The molecule has 1 saturated heterocycles. The zero-order valence-electron chi connectivity index (χ0n) is 21.6. The third-order valence-corrected chi connectivity index (χ3v) is 10.5. The fourth-order valence-electron chi connectivity index (χ4n) is 8.73. The minimum atomic E-state index is -0.917. The average molecular weight is 515 g/mol. The Hall–Kier alpha value is -4.32. The minimum Gasteiger partial charge on any atom is -0.392 e. The van der Waals surface area contributed by atoms with E-state index in [1.54, 1.807) is 12.1 Å². The van der Waals surface area contributed by atoms with Gasteiger partial charge in [0.05, 0.1) is 22.0 Å². The molecule has 4 aromatic carbocycles. The van der Waals surface area contributed by atoms with Gasteiger partial charge in [-0.25, -0.2) is 9.59 Å². The lowest BCUT2D eigenvalue weighted by atomic mass is 9.53. The first-order valence-corrected chi connectivity index (χ1v) is 13.3. The molecular weight excluding hydrogens is 492 g/mol. The molecule has 0 radical (unpaired) electrons. The van der Waals surface area contributed by atoms with Crippen LogP contribution in [-0.4, -0.2) is 23.9 Å². The van der Waals surface area contributed by atoms with Crippen molar-refractivity contribution in [1.82, 2.24) is 0 Å². The summed E-state index contributed by atoms with van der Waals surface area (Å²) < 4.78 is 10.4. The smallest absolute Gasteiger partial charge is 0.346 e. The van der Waals surface area contributed by atoms with Crippen LogP contribution < -0.4 is 0 Å². The van der Waals surface area contributed by atoms with Crippen LogP contribution in [-0.2, 0) is 35.3 Å². The molecule has 1 fully saturated rings. The summed E-state index contributed by atoms with van der Waals surface area (Å²) in [5.41, 5.74) is 4.86. The molecule has 6 heteroatoms. The normalized spacial score (nSPS) is 30.9. The van der Waals surface area contributed by atoms with E-state index in [2.05, 4.69) is 25.1 Å². The van der Waals surface area contributed by atoms with Crippen molar-refractivity contribution in [2.24, 2.45) is 0 Å². The van der Waals surface area contributed by atoms with Crippen molar-refractivity contribution in [3.05, 3.63) is 93.0 Å². The van der Waals surface area contributed by atoms with Gasteiger partial charge in [-0.2, -0.15) is 0 Å². The van der Waals surface area contributed by atoms with Crippen molar-refractivity contribution in [2.75, 3.05) is 0 Å². The summed E-state index contributed by atoms with van der Waals surface area (Å²) in [5.74, 6) is -2.18. The van der Waals surface area contributed by atoms with Gasteiger partial charge in [-0.05, 0) is 88.4 Å². The van der Waals surface area contributed by atoms with E-state index in [1.807, 2.05) is 32.0 Å². The molecule has 0 saturated carbocycles. The van der Waals surface area contributed by atoms with Crippen molar-refractivity contribution in [1.29, 1.82) is 0 Å². The maximum atomic E-state index is 13.2. The summed E-state index contributed by atoms with van der Waals surface area (Å²) in [6.45, 7) is 6.02. The molecule has 2 heterocycles. The highest BCUT2D eigenvalue weighted by Gasteiger charge is 2.59. The number of rotatable bonds is 0. The lowest BCUT2D eigenvalue weighted by molar-refractivity contribution is -0.175. The van der Waals surface area contributed by atoms with Crippen molar-refractivity contribution in [3.8, 4) is 0 Å². The maximum Gasteiger partial charge on any atom is 0.346 e. The Labute approximate surface area is 222 Å². The van der Waals surface area contributed by atoms with Crippen molar-refractivity contribution in [3.63, 3.8) is 0 Å². The molecular formula is C33H22O6. The average Bonchev–Trinajstić information content (AvgIpc) is 2.91. The maximum absolute atomic E-state index is 13.2. The monoisotopic (exact) mass is 514 g/mol. The number of carbonyl (C=O) groups excluding carboxylic acids is 4. The van der Waals surface area contributed by atoms with E-state index in [0.717, 1.165) is 56.0 Å². The Bertz CT molecular complexity index is 1950. The Morgan fingerprint density at radius 1 is 0.564 bits per heavy atom. The first-order valence-electron chi connectivity index (χ1n) is 13.3. The molecule has 6 nitrogen and oxygen atoms in total. The van der Waals surface area contributed by atoms with Crippen LogP contribution in [0.15, 0.2) is 48.5 Å². The van der Waals surface area contributed by atoms with Crippen LogP contribution in [0.3, 0.4) is 0 Å². The number of benzene rings is 4. The highest BCUT2D eigenvalue weighted by atomic mass is 16.6. The number of ether oxygens (including phenoxy) is 2. The van der Waals surface area contributed by atoms with E-state index < -0.39 is 40.1 Å². The number of fused-ring (bicyclic) bond motifs is 10. The third kappa shape index (κ3) is 2.11. The summed E-state index contributed by atoms with van der Waals surface area (Å²) in [7, 11) is 0. The molecule has 4 bridgehead atoms. The lowest BCUT2D eigenvalue weighted by Gasteiger charge is -2.50. The van der Waals surface area contributed by atoms with Crippen LogP contribution >= 0.6 is 0 Å². The molecule has 4 atom stereocenters. The Balaban J connectivity index is 1.44. The van der Waals surface area contributed by atoms with Gasteiger partial charge in [0.25, 0.3) is 0 Å². The van der Waals surface area contributed by atoms with Gasteiger partial charge in [0, 0.05) is 16.7 Å². The number of esters is 4. The van der Waals surface area contributed by atoms with Crippen LogP contribution in [0.25, 0.3) is 21.5 Å².